The van der Waals surface area contributed by atoms with Crippen molar-refractivity contribution >= 4 is 28.8 Å². The summed E-state index contributed by atoms with van der Waals surface area (Å²) < 4.78 is 40.6. The van der Waals surface area contributed by atoms with Gasteiger partial charge in [-0.1, -0.05) is 11.6 Å². The van der Waals surface area contributed by atoms with Gasteiger partial charge in [0.15, 0.2) is 0 Å². The zero-order chi connectivity index (χ0) is 14.5. The topological polar surface area (TPSA) is 29.5 Å². The van der Waals surface area contributed by atoms with Crippen LogP contribution in [0.2, 0.25) is 4.34 Å². The van der Waals surface area contributed by atoms with Crippen molar-refractivity contribution in [3.63, 3.8) is 0 Å². The van der Waals surface area contributed by atoms with Crippen molar-refractivity contribution in [1.82, 2.24) is 4.90 Å². The summed E-state index contributed by atoms with van der Waals surface area (Å²) in [5, 5.41) is 0. The van der Waals surface area contributed by atoms with Crippen molar-refractivity contribution in [2.45, 2.75) is 19.6 Å². The first-order valence-corrected chi connectivity index (χ1v) is 6.67. The first kappa shape index (κ1) is 16.3. The maximum Gasteiger partial charge on any atom is 0.411 e. The molecule has 0 aromatic carbocycles. The highest BCUT2D eigenvalue weighted by Gasteiger charge is 2.28. The molecule has 0 unspecified atom stereocenters. The number of hydrogen-bond acceptors (Lipinski definition) is 3. The zero-order valence-electron chi connectivity index (χ0n) is 10.2. The fourth-order valence-corrected chi connectivity index (χ4v) is 2.45. The van der Waals surface area contributed by atoms with E-state index in [9.17, 15) is 18.0 Å². The highest BCUT2D eigenvalue weighted by atomic mass is 35.5. The summed E-state index contributed by atoms with van der Waals surface area (Å²) in [5.74, 6) is -0.476. The molecule has 1 aromatic heterocycles. The van der Waals surface area contributed by atoms with Crippen LogP contribution in [0.25, 0.3) is 0 Å². The lowest BCUT2D eigenvalue weighted by Gasteiger charge is -2.20. The molecule has 1 aromatic rings. The second kappa shape index (κ2) is 7.12. The van der Waals surface area contributed by atoms with Crippen LogP contribution < -0.4 is 0 Å². The number of alkyl halides is 3. The van der Waals surface area contributed by atoms with E-state index in [0.29, 0.717) is 17.4 Å². The molecule has 0 saturated carbocycles. The third-order valence-corrected chi connectivity index (χ3v) is 3.42. The van der Waals surface area contributed by atoms with E-state index >= 15 is 0 Å². The monoisotopic (exact) mass is 315 g/mol. The smallest absolute Gasteiger partial charge is 0.362 e. The number of thiophene rings is 1. The molecule has 0 saturated heterocycles. The van der Waals surface area contributed by atoms with E-state index in [0.717, 1.165) is 4.88 Å². The second-order valence-electron chi connectivity index (χ2n) is 3.72. The number of amides is 1. The van der Waals surface area contributed by atoms with Crippen LogP contribution in [0.1, 0.15) is 11.8 Å². The minimum Gasteiger partial charge on any atom is -0.362 e. The molecule has 0 N–H and O–H groups in total. The quantitative estimate of drug-likeness (QED) is 0.806. The number of halogens is 4. The van der Waals surface area contributed by atoms with Gasteiger partial charge in [-0.3, -0.25) is 4.79 Å². The number of likely N-dealkylation sites (N-methyl/N-ethyl adjacent to an activating group) is 1. The Labute approximate surface area is 117 Å². The Morgan fingerprint density at radius 2 is 2.16 bits per heavy atom. The SMILES string of the molecule is CCN(Cc1ccc(Cl)s1)C(=O)COCC(F)(F)F. The normalized spacial score (nSPS) is 11.6. The fourth-order valence-electron chi connectivity index (χ4n) is 1.35. The molecule has 8 heteroatoms. The number of carbonyl (C=O) groups excluding carboxylic acids is 1. The van der Waals surface area contributed by atoms with Crippen molar-refractivity contribution in [2.75, 3.05) is 19.8 Å². The summed E-state index contributed by atoms with van der Waals surface area (Å²) in [4.78, 5) is 14.0. The number of carbonyl (C=O) groups is 1. The predicted molar refractivity (Wildman–Crippen MR) is 67.3 cm³/mol. The molecule has 1 rings (SSSR count). The van der Waals surface area contributed by atoms with Gasteiger partial charge in [-0.05, 0) is 19.1 Å². The number of rotatable bonds is 6. The molecule has 0 bridgehead atoms. The highest BCUT2D eigenvalue weighted by molar-refractivity contribution is 7.16. The molecular formula is C11H13ClF3NO2S. The van der Waals surface area contributed by atoms with Crippen LogP contribution in [0.5, 0.6) is 0 Å². The van der Waals surface area contributed by atoms with Gasteiger partial charge in [0, 0.05) is 11.4 Å². The highest BCUT2D eigenvalue weighted by Crippen LogP contribution is 2.22. The van der Waals surface area contributed by atoms with Crippen LogP contribution in [-0.2, 0) is 16.1 Å². The van der Waals surface area contributed by atoms with Gasteiger partial charge in [0.1, 0.15) is 13.2 Å². The van der Waals surface area contributed by atoms with Crippen molar-refractivity contribution in [3.8, 4) is 0 Å². The van der Waals surface area contributed by atoms with E-state index < -0.39 is 25.3 Å². The molecule has 1 heterocycles. The van der Waals surface area contributed by atoms with Crippen LogP contribution in [0, 0.1) is 0 Å². The van der Waals surface area contributed by atoms with E-state index in [1.807, 2.05) is 0 Å². The van der Waals surface area contributed by atoms with Crippen molar-refractivity contribution < 1.29 is 22.7 Å². The van der Waals surface area contributed by atoms with Gasteiger partial charge in [-0.15, -0.1) is 11.3 Å². The summed E-state index contributed by atoms with van der Waals surface area (Å²) >= 11 is 7.09. The fraction of sp³-hybridized carbons (Fsp3) is 0.545. The molecule has 0 spiro atoms. The molecule has 0 aliphatic carbocycles. The molecular weight excluding hydrogens is 303 g/mol. The Bertz CT molecular complexity index is 422. The Balaban J connectivity index is 2.43. The molecule has 19 heavy (non-hydrogen) atoms. The average molecular weight is 316 g/mol. The Kier molecular flexibility index (Phi) is 6.09. The predicted octanol–water partition coefficient (Wildman–Crippen LogP) is 3.33. The van der Waals surface area contributed by atoms with E-state index in [2.05, 4.69) is 4.74 Å². The van der Waals surface area contributed by atoms with Crippen LogP contribution >= 0.6 is 22.9 Å². The molecule has 3 nitrogen and oxygen atoms in total. The third kappa shape index (κ3) is 6.26. The maximum absolute atomic E-state index is 11.9. The third-order valence-electron chi connectivity index (χ3n) is 2.20. The van der Waals surface area contributed by atoms with Crippen LogP contribution in [0.3, 0.4) is 0 Å². The van der Waals surface area contributed by atoms with E-state index in [4.69, 9.17) is 11.6 Å². The Morgan fingerprint density at radius 3 is 2.63 bits per heavy atom. The number of ether oxygens (including phenoxy) is 1. The van der Waals surface area contributed by atoms with E-state index in [1.54, 1.807) is 19.1 Å². The van der Waals surface area contributed by atoms with Gasteiger partial charge >= 0.3 is 6.18 Å². The van der Waals surface area contributed by atoms with Crippen molar-refractivity contribution in [2.24, 2.45) is 0 Å². The maximum atomic E-state index is 11.9. The molecule has 0 atom stereocenters. The van der Waals surface area contributed by atoms with Crippen LogP contribution in [0.4, 0.5) is 13.2 Å². The van der Waals surface area contributed by atoms with Gasteiger partial charge in [-0.25, -0.2) is 0 Å². The molecule has 0 fully saturated rings. The lowest BCUT2D eigenvalue weighted by atomic mass is 10.4. The van der Waals surface area contributed by atoms with Crippen molar-refractivity contribution in [1.29, 1.82) is 0 Å². The largest absolute Gasteiger partial charge is 0.411 e. The van der Waals surface area contributed by atoms with E-state index in [1.165, 1.54) is 16.2 Å². The van der Waals surface area contributed by atoms with Gasteiger partial charge in [0.05, 0.1) is 10.9 Å². The number of nitrogens with zero attached hydrogens (tertiary/aromatic N) is 1. The Hall–Kier alpha value is -0.790. The lowest BCUT2D eigenvalue weighted by Crippen LogP contribution is -2.34. The van der Waals surface area contributed by atoms with Gasteiger partial charge in [0.2, 0.25) is 5.91 Å². The lowest BCUT2D eigenvalue weighted by molar-refractivity contribution is -0.177. The summed E-state index contributed by atoms with van der Waals surface area (Å²) in [6.45, 7) is 0.469. The molecule has 0 aliphatic rings. The van der Waals surface area contributed by atoms with Gasteiger partial charge < -0.3 is 9.64 Å². The molecule has 1 amide bonds. The van der Waals surface area contributed by atoms with Crippen molar-refractivity contribution in [3.05, 3.63) is 21.3 Å². The average Bonchev–Trinajstić information content (AvgIpc) is 2.69. The van der Waals surface area contributed by atoms with Crippen LogP contribution in [-0.4, -0.2) is 36.7 Å². The van der Waals surface area contributed by atoms with Crippen LogP contribution in [0.15, 0.2) is 12.1 Å². The van der Waals surface area contributed by atoms with E-state index in [-0.39, 0.29) is 0 Å². The first-order valence-electron chi connectivity index (χ1n) is 5.48. The van der Waals surface area contributed by atoms with Gasteiger partial charge in [0.25, 0.3) is 0 Å². The number of hydrogen-bond donors (Lipinski definition) is 0. The summed E-state index contributed by atoms with van der Waals surface area (Å²) in [5.41, 5.74) is 0. The minimum absolute atomic E-state index is 0.322. The summed E-state index contributed by atoms with van der Waals surface area (Å²) in [6, 6.07) is 3.49. The standard InChI is InChI=1S/C11H13ClF3NO2S/c1-2-16(5-8-3-4-9(12)19-8)10(17)6-18-7-11(13,14)15/h3-4H,2,5-7H2,1H3. The minimum atomic E-state index is -4.42. The van der Waals surface area contributed by atoms with Gasteiger partial charge in [-0.2, -0.15) is 13.2 Å². The molecule has 0 aliphatic heterocycles. The summed E-state index contributed by atoms with van der Waals surface area (Å²) in [6.07, 6.45) is -4.42. The molecule has 108 valence electrons. The molecule has 0 radical (unpaired) electrons. The Morgan fingerprint density at radius 1 is 1.47 bits per heavy atom. The first-order chi connectivity index (χ1) is 8.81. The summed E-state index contributed by atoms with van der Waals surface area (Å²) in [7, 11) is 0. The zero-order valence-corrected chi connectivity index (χ0v) is 11.7. The second-order valence-corrected chi connectivity index (χ2v) is 5.52.